The Labute approximate surface area is 329 Å². The lowest BCUT2D eigenvalue weighted by Gasteiger charge is -2.25. The van der Waals surface area contributed by atoms with E-state index in [1.54, 1.807) is 12.1 Å². The van der Waals surface area contributed by atoms with Crippen LogP contribution in [0.15, 0.2) is 60.7 Å². The highest BCUT2D eigenvalue weighted by Crippen LogP contribution is 2.36. The minimum atomic E-state index is -0.736. The molecule has 0 saturated carbocycles. The summed E-state index contributed by atoms with van der Waals surface area (Å²) in [6, 6.07) is 17.2. The number of nitrogens with zero attached hydrogens (tertiary/aromatic N) is 2. The van der Waals surface area contributed by atoms with Gasteiger partial charge in [-0.2, -0.15) is 0 Å². The average Bonchev–Trinajstić information content (AvgIpc) is 3.07. The van der Waals surface area contributed by atoms with Crippen LogP contribution in [0.2, 0.25) is 0 Å². The lowest BCUT2D eigenvalue weighted by atomic mass is 9.81. The van der Waals surface area contributed by atoms with Gasteiger partial charge in [-0.3, -0.25) is 29.8 Å². The Bertz CT molecular complexity index is 2010. The van der Waals surface area contributed by atoms with E-state index in [2.05, 4.69) is 59.0 Å². The predicted octanol–water partition coefficient (Wildman–Crippen LogP) is 10.8. The van der Waals surface area contributed by atoms with Gasteiger partial charge in [-0.25, -0.2) is 0 Å². The number of nitro benzene ring substituents is 2. The van der Waals surface area contributed by atoms with Gasteiger partial charge in [-0.05, 0) is 122 Å². The third-order valence-corrected chi connectivity index (χ3v) is 9.03. The van der Waals surface area contributed by atoms with Crippen LogP contribution in [0.25, 0.3) is 0 Å². The number of hydrogen-bond acceptors (Lipinski definition) is 9. The number of nitrogens with one attached hydrogen (secondary N) is 1. The van der Waals surface area contributed by atoms with E-state index in [0.29, 0.717) is 23.6 Å². The van der Waals surface area contributed by atoms with Crippen LogP contribution in [0, 0.1) is 71.6 Å². The second-order valence-corrected chi connectivity index (χ2v) is 16.8. The Balaban J connectivity index is 0.000000301. The van der Waals surface area contributed by atoms with Crippen LogP contribution in [0.1, 0.15) is 97.3 Å². The first-order valence-electron chi connectivity index (χ1n) is 18.4. The van der Waals surface area contributed by atoms with Crippen molar-refractivity contribution in [2.45, 2.75) is 95.4 Å². The number of rotatable bonds is 11. The second-order valence-electron chi connectivity index (χ2n) is 16.8. The first-order chi connectivity index (χ1) is 25.9. The molecule has 0 heterocycles. The highest BCUT2D eigenvalue weighted by molar-refractivity contribution is 6.05. The molecule has 300 valence electrons. The lowest BCUT2D eigenvalue weighted by molar-refractivity contribution is -0.395. The Morgan fingerprint density at radius 3 is 1.68 bits per heavy atom. The number of anilines is 1. The number of methoxy groups -OCH3 is 1. The summed E-state index contributed by atoms with van der Waals surface area (Å²) >= 11 is 0. The van der Waals surface area contributed by atoms with Crippen LogP contribution in [-0.2, 0) is 22.4 Å². The maximum atomic E-state index is 12.4. The van der Waals surface area contributed by atoms with Gasteiger partial charge in [0.1, 0.15) is 22.8 Å². The maximum absolute atomic E-state index is 12.4. The molecule has 1 atom stereocenters. The van der Waals surface area contributed by atoms with Gasteiger partial charge in [-0.1, -0.05) is 65.8 Å². The third-order valence-electron chi connectivity index (χ3n) is 9.03. The maximum Gasteiger partial charge on any atom is 0.309 e. The zero-order valence-corrected chi connectivity index (χ0v) is 34.6. The minimum Gasteiger partial charge on any atom is -0.507 e. The van der Waals surface area contributed by atoms with Crippen molar-refractivity contribution in [3.8, 4) is 17.2 Å². The molecule has 0 fully saturated rings. The topological polar surface area (TPSA) is 171 Å². The van der Waals surface area contributed by atoms with Gasteiger partial charge in [0.2, 0.25) is 0 Å². The molecular formula is C44H55N3O9. The van der Waals surface area contributed by atoms with Crippen molar-refractivity contribution in [1.82, 2.24) is 0 Å². The van der Waals surface area contributed by atoms with Gasteiger partial charge >= 0.3 is 5.97 Å². The molecule has 0 radical (unpaired) electrons. The summed E-state index contributed by atoms with van der Waals surface area (Å²) in [5.41, 5.74) is 5.34. The van der Waals surface area contributed by atoms with E-state index in [4.69, 9.17) is 9.47 Å². The summed E-state index contributed by atoms with van der Waals surface area (Å²) < 4.78 is 11.2. The molecule has 4 aromatic carbocycles. The van der Waals surface area contributed by atoms with Crippen LogP contribution < -0.4 is 10.1 Å². The molecule has 12 heteroatoms. The molecule has 0 aliphatic rings. The molecule has 4 rings (SSSR count). The van der Waals surface area contributed by atoms with Crippen LogP contribution in [-0.4, -0.2) is 33.9 Å². The highest BCUT2D eigenvalue weighted by Gasteiger charge is 2.27. The summed E-state index contributed by atoms with van der Waals surface area (Å²) in [4.78, 5) is 45.5. The molecule has 2 N–H and O–H groups in total. The fraction of sp³-hybridized carbons (Fsp3) is 0.409. The molecule has 0 aliphatic carbocycles. The molecule has 1 amide bonds. The Kier molecular flexibility index (Phi) is 14.5. The van der Waals surface area contributed by atoms with Crippen molar-refractivity contribution < 1.29 is 34.0 Å². The van der Waals surface area contributed by atoms with E-state index >= 15 is 0 Å². The van der Waals surface area contributed by atoms with Gasteiger partial charge < -0.3 is 19.9 Å². The number of phenols is 1. The Hall–Kier alpha value is -5.78. The molecule has 12 nitrogen and oxygen atoms in total. The molecule has 0 aromatic heterocycles. The van der Waals surface area contributed by atoms with Crippen LogP contribution >= 0.6 is 0 Å². The SMILES string of the molecule is COC(=O)C(Cc1cc(C)c(Oc2cc(C)c(O)c(C)c2)c(C)c1)CC(C)(C)C.Cc1c([N+](=O)[O-])cc(C(=O)Nc2ccc(CC(C)(C)C)cc2)cc1[N+](=O)[O-]. The van der Waals surface area contributed by atoms with Crippen molar-refractivity contribution >= 4 is 28.9 Å². The molecule has 56 heavy (non-hydrogen) atoms. The summed E-state index contributed by atoms with van der Waals surface area (Å²) in [6.45, 7) is 21.8. The molecule has 0 saturated heterocycles. The molecule has 0 aliphatic heterocycles. The fourth-order valence-corrected chi connectivity index (χ4v) is 6.56. The summed E-state index contributed by atoms with van der Waals surface area (Å²) in [7, 11) is 1.45. The van der Waals surface area contributed by atoms with E-state index in [9.17, 15) is 34.9 Å². The normalized spacial score (nSPS) is 11.9. The summed E-state index contributed by atoms with van der Waals surface area (Å²) in [6.07, 6.45) is 2.28. The summed E-state index contributed by atoms with van der Waals surface area (Å²) in [5, 5.41) is 34.9. The highest BCUT2D eigenvalue weighted by atomic mass is 16.6. The van der Waals surface area contributed by atoms with Crippen molar-refractivity contribution in [3.63, 3.8) is 0 Å². The van der Waals surface area contributed by atoms with Crippen molar-refractivity contribution in [2.24, 2.45) is 16.7 Å². The number of phenolic OH excluding ortho intramolecular Hbond substituents is 1. The molecule has 1 unspecified atom stereocenters. The van der Waals surface area contributed by atoms with E-state index in [1.165, 1.54) is 14.0 Å². The van der Waals surface area contributed by atoms with Crippen molar-refractivity contribution in [1.29, 1.82) is 0 Å². The van der Waals surface area contributed by atoms with E-state index in [0.717, 1.165) is 64.1 Å². The lowest BCUT2D eigenvalue weighted by Crippen LogP contribution is -2.24. The van der Waals surface area contributed by atoms with Gasteiger partial charge in [0.05, 0.1) is 28.4 Å². The number of aryl methyl sites for hydroxylation is 4. The second kappa shape index (κ2) is 18.2. The van der Waals surface area contributed by atoms with Crippen LogP contribution in [0.3, 0.4) is 0 Å². The van der Waals surface area contributed by atoms with Gasteiger partial charge in [0.15, 0.2) is 0 Å². The van der Waals surface area contributed by atoms with E-state index < -0.39 is 27.1 Å². The number of carbonyl (C=O) groups is 2. The quantitative estimate of drug-likeness (QED) is 0.0855. The Morgan fingerprint density at radius 1 is 0.750 bits per heavy atom. The van der Waals surface area contributed by atoms with Crippen molar-refractivity contribution in [3.05, 3.63) is 125 Å². The molecular weight excluding hydrogens is 714 g/mol. The van der Waals surface area contributed by atoms with Crippen molar-refractivity contribution in [2.75, 3.05) is 12.4 Å². The zero-order chi connectivity index (χ0) is 42.3. The summed E-state index contributed by atoms with van der Waals surface area (Å²) in [5.74, 6) is 0.831. The first kappa shape index (κ1) is 44.6. The fourth-order valence-electron chi connectivity index (χ4n) is 6.56. The van der Waals surface area contributed by atoms with E-state index in [1.807, 2.05) is 52.0 Å². The van der Waals surface area contributed by atoms with E-state index in [-0.39, 0.29) is 33.8 Å². The number of amides is 1. The van der Waals surface area contributed by atoms with Crippen LogP contribution in [0.4, 0.5) is 17.1 Å². The Morgan fingerprint density at radius 2 is 1.25 bits per heavy atom. The minimum absolute atomic E-state index is 0.0422. The van der Waals surface area contributed by atoms with Gasteiger partial charge in [-0.15, -0.1) is 0 Å². The number of carbonyl (C=O) groups excluding carboxylic acids is 2. The molecule has 0 spiro atoms. The standard InChI is InChI=1S/C25H34O4.C19H21N3O5/c1-15-11-21(12-16(2)22(15)26)29-23-17(3)9-19(10-18(23)4)13-20(24(27)28-8)14-25(5,6)7;1-12-16(21(24)25)9-14(10-17(12)22(26)27)18(23)20-15-7-5-13(6-8-15)11-19(2,3)4/h9-12,20,26H,13-14H2,1-8H3;5-10H,11H2,1-4H3,(H,20,23). The predicted molar refractivity (Wildman–Crippen MR) is 219 cm³/mol. The average molecular weight is 770 g/mol. The smallest absolute Gasteiger partial charge is 0.309 e. The first-order valence-corrected chi connectivity index (χ1v) is 18.4. The third kappa shape index (κ3) is 12.6. The van der Waals surface area contributed by atoms with Crippen LogP contribution in [0.5, 0.6) is 17.2 Å². The number of ether oxygens (including phenoxy) is 2. The zero-order valence-electron chi connectivity index (χ0n) is 34.6. The number of aromatic hydroxyl groups is 1. The monoisotopic (exact) mass is 769 g/mol. The number of hydrogen-bond donors (Lipinski definition) is 2. The molecule has 4 aromatic rings. The largest absolute Gasteiger partial charge is 0.507 e. The number of esters is 1. The number of benzene rings is 4. The van der Waals surface area contributed by atoms with Gasteiger partial charge in [0, 0.05) is 17.8 Å². The number of nitro groups is 2. The molecule has 0 bridgehead atoms. The van der Waals surface area contributed by atoms with Gasteiger partial charge in [0.25, 0.3) is 17.3 Å².